The molecule has 0 aliphatic heterocycles. The van der Waals surface area contributed by atoms with E-state index in [1.54, 1.807) is 18.2 Å². The molecule has 0 saturated carbocycles. The van der Waals surface area contributed by atoms with Gasteiger partial charge < -0.3 is 0 Å². The van der Waals surface area contributed by atoms with Crippen molar-refractivity contribution in [3.8, 4) is 0 Å². The second-order valence-corrected chi connectivity index (χ2v) is 4.66. The van der Waals surface area contributed by atoms with Crippen molar-refractivity contribution in [2.75, 3.05) is 0 Å². The summed E-state index contributed by atoms with van der Waals surface area (Å²) in [6, 6.07) is 8.59. The number of nitrogens with two attached hydrogens (primary N) is 1. The third-order valence-corrected chi connectivity index (χ3v) is 3.40. The van der Waals surface area contributed by atoms with Gasteiger partial charge in [-0.3, -0.25) is 5.84 Å². The van der Waals surface area contributed by atoms with Crippen LogP contribution in [0.4, 0.5) is 8.78 Å². The number of hydrogen-bond donors (Lipinski definition) is 2. The predicted octanol–water partition coefficient (Wildman–Crippen LogP) is 3.48. The third kappa shape index (κ3) is 2.76. The number of benzene rings is 2. The van der Waals surface area contributed by atoms with Crippen molar-refractivity contribution in [2.45, 2.75) is 13.0 Å². The number of nitrogens with one attached hydrogen (secondary N) is 1. The SMILES string of the molecule is Cc1cc(C(NN)c2cccc(F)c2F)ccc1Cl. The van der Waals surface area contributed by atoms with Gasteiger partial charge in [0.1, 0.15) is 0 Å². The lowest BCUT2D eigenvalue weighted by Gasteiger charge is -2.18. The number of halogens is 3. The van der Waals surface area contributed by atoms with Crippen LogP contribution >= 0.6 is 11.6 Å². The first kappa shape index (κ1) is 13.9. The van der Waals surface area contributed by atoms with Crippen molar-refractivity contribution < 1.29 is 8.78 Å². The Hall–Kier alpha value is -1.49. The number of rotatable bonds is 3. The summed E-state index contributed by atoms with van der Waals surface area (Å²) < 4.78 is 27.1. The number of aryl methyl sites for hydroxylation is 1. The summed E-state index contributed by atoms with van der Waals surface area (Å²) in [5.41, 5.74) is 4.22. The van der Waals surface area contributed by atoms with E-state index in [1.807, 2.05) is 6.92 Å². The fourth-order valence-electron chi connectivity index (χ4n) is 1.96. The molecule has 2 aromatic rings. The molecule has 0 fully saturated rings. The molecule has 1 atom stereocenters. The summed E-state index contributed by atoms with van der Waals surface area (Å²) in [5.74, 6) is 3.67. The first-order valence-corrected chi connectivity index (χ1v) is 6.08. The zero-order valence-electron chi connectivity index (χ0n) is 10.3. The van der Waals surface area contributed by atoms with E-state index in [9.17, 15) is 8.78 Å². The molecule has 2 aromatic carbocycles. The molecular formula is C14H13ClF2N2. The van der Waals surface area contributed by atoms with E-state index in [0.29, 0.717) is 10.6 Å². The maximum Gasteiger partial charge on any atom is 0.163 e. The maximum atomic E-state index is 13.8. The summed E-state index contributed by atoms with van der Waals surface area (Å²) in [7, 11) is 0. The lowest BCUT2D eigenvalue weighted by Crippen LogP contribution is -2.29. The molecule has 0 spiro atoms. The van der Waals surface area contributed by atoms with Gasteiger partial charge in [0.2, 0.25) is 0 Å². The number of hydrogen-bond acceptors (Lipinski definition) is 2. The minimum atomic E-state index is -0.905. The summed E-state index contributed by atoms with van der Waals surface area (Å²) in [6.45, 7) is 1.83. The van der Waals surface area contributed by atoms with Crippen LogP contribution in [0.2, 0.25) is 5.02 Å². The van der Waals surface area contributed by atoms with Crippen LogP contribution in [0.25, 0.3) is 0 Å². The fraction of sp³-hybridized carbons (Fsp3) is 0.143. The normalized spacial score (nSPS) is 12.5. The molecule has 0 amide bonds. The van der Waals surface area contributed by atoms with Crippen LogP contribution in [0, 0.1) is 18.6 Å². The zero-order chi connectivity index (χ0) is 14.0. The highest BCUT2D eigenvalue weighted by Crippen LogP contribution is 2.27. The lowest BCUT2D eigenvalue weighted by atomic mass is 9.97. The Morgan fingerprint density at radius 1 is 1.21 bits per heavy atom. The average Bonchev–Trinajstić information content (AvgIpc) is 2.39. The van der Waals surface area contributed by atoms with E-state index < -0.39 is 17.7 Å². The summed E-state index contributed by atoms with van der Waals surface area (Å²) in [5, 5.41) is 0.610. The van der Waals surface area contributed by atoms with Crippen LogP contribution in [-0.4, -0.2) is 0 Å². The van der Waals surface area contributed by atoms with E-state index in [1.165, 1.54) is 12.1 Å². The Kier molecular flexibility index (Phi) is 4.14. The van der Waals surface area contributed by atoms with E-state index in [2.05, 4.69) is 5.43 Å². The molecule has 2 nitrogen and oxygen atoms in total. The zero-order valence-corrected chi connectivity index (χ0v) is 11.0. The largest absolute Gasteiger partial charge is 0.271 e. The number of hydrazine groups is 1. The monoisotopic (exact) mass is 282 g/mol. The van der Waals surface area contributed by atoms with Gasteiger partial charge in [-0.05, 0) is 30.2 Å². The van der Waals surface area contributed by atoms with Gasteiger partial charge in [-0.1, -0.05) is 35.9 Å². The van der Waals surface area contributed by atoms with Crippen LogP contribution in [0.15, 0.2) is 36.4 Å². The van der Waals surface area contributed by atoms with Crippen molar-refractivity contribution in [3.63, 3.8) is 0 Å². The van der Waals surface area contributed by atoms with Gasteiger partial charge in [0, 0.05) is 10.6 Å². The van der Waals surface area contributed by atoms with Gasteiger partial charge in [0.25, 0.3) is 0 Å². The fourth-order valence-corrected chi connectivity index (χ4v) is 2.07. The second-order valence-electron chi connectivity index (χ2n) is 4.25. The van der Waals surface area contributed by atoms with Crippen LogP contribution in [-0.2, 0) is 0 Å². The second kappa shape index (κ2) is 5.65. The Morgan fingerprint density at radius 3 is 2.58 bits per heavy atom. The van der Waals surface area contributed by atoms with E-state index in [-0.39, 0.29) is 5.56 Å². The molecule has 0 heterocycles. The van der Waals surface area contributed by atoms with E-state index in [0.717, 1.165) is 11.6 Å². The van der Waals surface area contributed by atoms with Gasteiger partial charge in [-0.25, -0.2) is 14.2 Å². The van der Waals surface area contributed by atoms with Crippen LogP contribution in [0.5, 0.6) is 0 Å². The van der Waals surface area contributed by atoms with Crippen molar-refractivity contribution in [3.05, 3.63) is 69.7 Å². The molecule has 0 aliphatic carbocycles. The molecule has 1 unspecified atom stereocenters. The summed E-state index contributed by atoms with van der Waals surface area (Å²) in [4.78, 5) is 0. The van der Waals surface area contributed by atoms with Gasteiger partial charge in [0.15, 0.2) is 11.6 Å². The lowest BCUT2D eigenvalue weighted by molar-refractivity contribution is 0.483. The first-order chi connectivity index (χ1) is 9.04. The predicted molar refractivity (Wildman–Crippen MR) is 71.7 cm³/mol. The quantitative estimate of drug-likeness (QED) is 0.668. The molecule has 2 rings (SSSR count). The highest BCUT2D eigenvalue weighted by atomic mass is 35.5. The van der Waals surface area contributed by atoms with Crippen molar-refractivity contribution in [1.82, 2.24) is 5.43 Å². The Bertz CT molecular complexity index is 602. The highest BCUT2D eigenvalue weighted by Gasteiger charge is 2.19. The van der Waals surface area contributed by atoms with Crippen LogP contribution in [0.3, 0.4) is 0 Å². The molecule has 5 heteroatoms. The molecule has 100 valence electrons. The van der Waals surface area contributed by atoms with Crippen LogP contribution < -0.4 is 11.3 Å². The molecule has 0 radical (unpaired) electrons. The molecule has 3 N–H and O–H groups in total. The molecule has 19 heavy (non-hydrogen) atoms. The van der Waals surface area contributed by atoms with Crippen molar-refractivity contribution >= 4 is 11.6 Å². The van der Waals surface area contributed by atoms with Gasteiger partial charge >= 0.3 is 0 Å². The first-order valence-electron chi connectivity index (χ1n) is 5.70. The summed E-state index contributed by atoms with van der Waals surface area (Å²) >= 11 is 5.95. The molecule has 0 saturated heterocycles. The van der Waals surface area contributed by atoms with Crippen LogP contribution in [0.1, 0.15) is 22.7 Å². The average molecular weight is 283 g/mol. The summed E-state index contributed by atoms with van der Waals surface area (Å²) in [6.07, 6.45) is 0. The molecule has 0 aromatic heterocycles. The minimum Gasteiger partial charge on any atom is -0.271 e. The Labute approximate surface area is 115 Å². The molecule has 0 bridgehead atoms. The van der Waals surface area contributed by atoms with Crippen molar-refractivity contribution in [1.29, 1.82) is 0 Å². The molecular weight excluding hydrogens is 270 g/mol. The van der Waals surface area contributed by atoms with Gasteiger partial charge in [0.05, 0.1) is 6.04 Å². The van der Waals surface area contributed by atoms with Crippen molar-refractivity contribution in [2.24, 2.45) is 5.84 Å². The van der Waals surface area contributed by atoms with Gasteiger partial charge in [-0.15, -0.1) is 0 Å². The van der Waals surface area contributed by atoms with Gasteiger partial charge in [-0.2, -0.15) is 0 Å². The minimum absolute atomic E-state index is 0.157. The molecule has 0 aliphatic rings. The topological polar surface area (TPSA) is 38.0 Å². The Morgan fingerprint density at radius 2 is 1.95 bits per heavy atom. The van der Waals surface area contributed by atoms with E-state index >= 15 is 0 Å². The Balaban J connectivity index is 2.50. The highest BCUT2D eigenvalue weighted by molar-refractivity contribution is 6.31. The van der Waals surface area contributed by atoms with E-state index in [4.69, 9.17) is 17.4 Å². The standard InChI is InChI=1S/C14H13ClF2N2/c1-8-7-9(5-6-11(8)15)14(19-18)10-3-2-4-12(16)13(10)17/h2-7,14,19H,18H2,1H3. The third-order valence-electron chi connectivity index (χ3n) is 2.97. The maximum absolute atomic E-state index is 13.8. The smallest absolute Gasteiger partial charge is 0.163 e.